The van der Waals surface area contributed by atoms with Gasteiger partial charge in [0, 0.05) is 19.0 Å². The van der Waals surface area contributed by atoms with Gasteiger partial charge in [-0.1, -0.05) is 19.0 Å². The van der Waals surface area contributed by atoms with E-state index < -0.39 is 24.1 Å². The minimum Gasteiger partial charge on any atom is -0.479 e. The van der Waals surface area contributed by atoms with Crippen LogP contribution < -0.4 is 0 Å². The van der Waals surface area contributed by atoms with Gasteiger partial charge in [0.2, 0.25) is 11.4 Å². The zero-order valence-electron chi connectivity index (χ0n) is 10.7. The van der Waals surface area contributed by atoms with E-state index in [0.717, 1.165) is 4.90 Å². The summed E-state index contributed by atoms with van der Waals surface area (Å²) in [6.07, 6.45) is -0.209. The van der Waals surface area contributed by atoms with Gasteiger partial charge in [0.25, 0.3) is 5.91 Å². The molecule has 0 radical (unpaired) electrons. The maximum Gasteiger partial charge on any atom is 0.343 e. The Morgan fingerprint density at radius 3 is 2.74 bits per heavy atom. The Morgan fingerprint density at radius 2 is 2.26 bits per heavy atom. The molecule has 1 N–H and O–H groups in total. The molecule has 7 heteroatoms. The van der Waals surface area contributed by atoms with Crippen LogP contribution in [0, 0.1) is 0 Å². The largest absolute Gasteiger partial charge is 0.479 e. The summed E-state index contributed by atoms with van der Waals surface area (Å²) in [5.41, 5.74) is -1.73. The van der Waals surface area contributed by atoms with Gasteiger partial charge < -0.3 is 14.5 Å². The number of carboxylic acids is 1. The number of amides is 1. The van der Waals surface area contributed by atoms with Crippen molar-refractivity contribution in [1.82, 2.24) is 10.1 Å². The van der Waals surface area contributed by atoms with E-state index >= 15 is 0 Å². The first-order valence-corrected chi connectivity index (χ1v) is 6.02. The van der Waals surface area contributed by atoms with E-state index in [2.05, 4.69) is 5.16 Å². The molecule has 1 amide bonds. The second kappa shape index (κ2) is 4.64. The number of likely N-dealkylation sites (tertiary alicyclic amines) is 1. The molecule has 0 aromatic carbocycles. The summed E-state index contributed by atoms with van der Waals surface area (Å²) in [6, 6.07) is 1.51. The van der Waals surface area contributed by atoms with Crippen LogP contribution in [0.2, 0.25) is 0 Å². The van der Waals surface area contributed by atoms with Crippen molar-refractivity contribution in [3.63, 3.8) is 0 Å². The molecule has 1 aliphatic rings. The van der Waals surface area contributed by atoms with Gasteiger partial charge in [0.15, 0.2) is 0 Å². The molecule has 0 saturated carbocycles. The Bertz CT molecular complexity index is 514. The Balaban J connectivity index is 2.11. The molecule has 1 saturated heterocycles. The lowest BCUT2D eigenvalue weighted by Gasteiger charge is -2.15. The van der Waals surface area contributed by atoms with E-state index in [1.807, 2.05) is 13.8 Å². The Labute approximate surface area is 109 Å². The number of carbonyl (C=O) groups is 2. The number of nitrogens with zero attached hydrogens (tertiary/aromatic N) is 2. The lowest BCUT2D eigenvalue weighted by molar-refractivity contribution is -0.149. The second-order valence-corrected chi connectivity index (χ2v) is 5.02. The number of halogens is 1. The summed E-state index contributed by atoms with van der Waals surface area (Å²) in [6.45, 7) is 3.40. The van der Waals surface area contributed by atoms with Crippen molar-refractivity contribution in [2.75, 3.05) is 13.1 Å². The highest BCUT2D eigenvalue weighted by atomic mass is 19.1. The number of hydrogen-bond acceptors (Lipinski definition) is 4. The Morgan fingerprint density at radius 1 is 1.58 bits per heavy atom. The number of aliphatic carboxylic acids is 1. The predicted molar refractivity (Wildman–Crippen MR) is 62.6 cm³/mol. The van der Waals surface area contributed by atoms with E-state index in [9.17, 15) is 14.0 Å². The zero-order chi connectivity index (χ0) is 14.2. The molecule has 1 unspecified atom stereocenters. The van der Waals surface area contributed by atoms with Gasteiger partial charge in [0.05, 0.1) is 12.2 Å². The first kappa shape index (κ1) is 13.5. The third-order valence-corrected chi connectivity index (χ3v) is 3.22. The van der Waals surface area contributed by atoms with Crippen molar-refractivity contribution >= 4 is 11.9 Å². The topological polar surface area (TPSA) is 83.6 Å². The number of hydrogen-bond donors (Lipinski definition) is 1. The SMILES string of the molecule is CC(C)c1cc(C(=O)N2CCC(F)(C(=O)O)C2)on1. The van der Waals surface area contributed by atoms with Crippen molar-refractivity contribution < 1.29 is 23.6 Å². The average Bonchev–Trinajstić information content (AvgIpc) is 2.95. The average molecular weight is 270 g/mol. The van der Waals surface area contributed by atoms with Crippen molar-refractivity contribution in [2.24, 2.45) is 0 Å². The van der Waals surface area contributed by atoms with Gasteiger partial charge in [-0.3, -0.25) is 4.79 Å². The maximum absolute atomic E-state index is 13.9. The highest BCUT2D eigenvalue weighted by Crippen LogP contribution is 2.27. The maximum atomic E-state index is 13.9. The summed E-state index contributed by atoms with van der Waals surface area (Å²) in [5, 5.41) is 12.5. The van der Waals surface area contributed by atoms with Crippen LogP contribution >= 0.6 is 0 Å². The van der Waals surface area contributed by atoms with Gasteiger partial charge in [-0.05, 0) is 5.92 Å². The molecule has 1 fully saturated rings. The molecular formula is C12H15FN2O4. The van der Waals surface area contributed by atoms with Gasteiger partial charge in [-0.25, -0.2) is 9.18 Å². The highest BCUT2D eigenvalue weighted by molar-refractivity contribution is 5.92. The molecule has 2 rings (SSSR count). The van der Waals surface area contributed by atoms with Crippen LogP contribution in [-0.4, -0.2) is 45.8 Å². The summed E-state index contributed by atoms with van der Waals surface area (Å²) in [5.74, 6) is -1.94. The first-order chi connectivity index (χ1) is 8.83. The molecule has 0 aliphatic carbocycles. The Hall–Kier alpha value is -1.92. The van der Waals surface area contributed by atoms with Crippen LogP contribution in [0.1, 0.15) is 42.4 Å². The monoisotopic (exact) mass is 270 g/mol. The quantitative estimate of drug-likeness (QED) is 0.898. The molecule has 6 nitrogen and oxygen atoms in total. The van der Waals surface area contributed by atoms with E-state index in [-0.39, 0.29) is 24.6 Å². The molecular weight excluding hydrogens is 255 g/mol. The third-order valence-electron chi connectivity index (χ3n) is 3.22. The van der Waals surface area contributed by atoms with E-state index in [4.69, 9.17) is 9.63 Å². The van der Waals surface area contributed by atoms with Crippen LogP contribution in [0.15, 0.2) is 10.6 Å². The molecule has 104 valence electrons. The van der Waals surface area contributed by atoms with E-state index in [1.54, 1.807) is 0 Å². The molecule has 1 aromatic rings. The minimum absolute atomic E-state index is 0.0124. The first-order valence-electron chi connectivity index (χ1n) is 6.02. The predicted octanol–water partition coefficient (Wildman–Crippen LogP) is 1.44. The summed E-state index contributed by atoms with van der Waals surface area (Å²) >= 11 is 0. The van der Waals surface area contributed by atoms with Crippen molar-refractivity contribution in [2.45, 2.75) is 31.9 Å². The fourth-order valence-electron chi connectivity index (χ4n) is 1.94. The molecule has 1 atom stereocenters. The third kappa shape index (κ3) is 2.45. The fourth-order valence-corrected chi connectivity index (χ4v) is 1.94. The summed E-state index contributed by atoms with van der Waals surface area (Å²) in [7, 11) is 0. The highest BCUT2D eigenvalue weighted by Gasteiger charge is 2.47. The zero-order valence-corrected chi connectivity index (χ0v) is 10.7. The van der Waals surface area contributed by atoms with Crippen molar-refractivity contribution in [3.8, 4) is 0 Å². The van der Waals surface area contributed by atoms with Gasteiger partial charge in [-0.2, -0.15) is 0 Å². The number of carbonyl (C=O) groups excluding carboxylic acids is 1. The minimum atomic E-state index is -2.36. The summed E-state index contributed by atoms with van der Waals surface area (Å²) in [4.78, 5) is 23.9. The molecule has 2 heterocycles. The van der Waals surface area contributed by atoms with Crippen LogP contribution in [0.5, 0.6) is 0 Å². The number of rotatable bonds is 3. The van der Waals surface area contributed by atoms with Crippen molar-refractivity contribution in [3.05, 3.63) is 17.5 Å². The smallest absolute Gasteiger partial charge is 0.343 e. The van der Waals surface area contributed by atoms with Crippen LogP contribution in [0.3, 0.4) is 0 Å². The molecule has 0 bridgehead atoms. The standard InChI is InChI=1S/C12H15FN2O4/c1-7(2)8-5-9(19-14-8)10(16)15-4-3-12(13,6-15)11(17)18/h5,7H,3-4,6H2,1-2H3,(H,17,18). The van der Waals surface area contributed by atoms with Crippen molar-refractivity contribution in [1.29, 1.82) is 0 Å². The molecule has 1 aliphatic heterocycles. The second-order valence-electron chi connectivity index (χ2n) is 5.02. The Kier molecular flexibility index (Phi) is 3.30. The number of aromatic nitrogens is 1. The molecule has 0 spiro atoms. The van der Waals surface area contributed by atoms with E-state index in [0.29, 0.717) is 5.69 Å². The molecule has 19 heavy (non-hydrogen) atoms. The lowest BCUT2D eigenvalue weighted by Crippen LogP contribution is -2.38. The van der Waals surface area contributed by atoms with Crippen LogP contribution in [0.4, 0.5) is 4.39 Å². The normalized spacial score (nSPS) is 23.1. The molecule has 1 aromatic heterocycles. The summed E-state index contributed by atoms with van der Waals surface area (Å²) < 4.78 is 18.8. The fraction of sp³-hybridized carbons (Fsp3) is 0.583. The van der Waals surface area contributed by atoms with Gasteiger partial charge in [0.1, 0.15) is 0 Å². The van der Waals surface area contributed by atoms with E-state index in [1.165, 1.54) is 6.07 Å². The van der Waals surface area contributed by atoms with Crippen LogP contribution in [0.25, 0.3) is 0 Å². The number of alkyl halides is 1. The van der Waals surface area contributed by atoms with Crippen LogP contribution in [-0.2, 0) is 4.79 Å². The lowest BCUT2D eigenvalue weighted by atomic mass is 10.1. The van der Waals surface area contributed by atoms with Gasteiger partial charge >= 0.3 is 5.97 Å². The van der Waals surface area contributed by atoms with Gasteiger partial charge in [-0.15, -0.1) is 0 Å². The number of carboxylic acid groups (broad SMARTS) is 1.